The number of carbonyl (C=O) groups is 1. The van der Waals surface area contributed by atoms with Crippen LogP contribution in [0.3, 0.4) is 0 Å². The highest BCUT2D eigenvalue weighted by Gasteiger charge is 2.30. The number of nitrogens with one attached hydrogen (secondary N) is 1. The molecular formula is C11H20N2O. The number of likely N-dealkylation sites (tertiary alicyclic amines) is 1. The molecule has 2 aliphatic rings. The molecule has 1 atom stereocenters. The third-order valence-electron chi connectivity index (χ3n) is 3.33. The standard InChI is InChI=1S/C11H20N2O/c1-2-13-6-5-9(8-13)7-12-11(14)10-3-4-10/h9-10H,2-8H2,1H3,(H,12,14). The van der Waals surface area contributed by atoms with Crippen LogP contribution in [0.5, 0.6) is 0 Å². The molecule has 0 spiro atoms. The predicted molar refractivity (Wildman–Crippen MR) is 56.0 cm³/mol. The van der Waals surface area contributed by atoms with E-state index in [0.717, 1.165) is 25.9 Å². The number of rotatable bonds is 4. The lowest BCUT2D eigenvalue weighted by Crippen LogP contribution is -2.31. The molecule has 1 aliphatic heterocycles. The van der Waals surface area contributed by atoms with Gasteiger partial charge in [-0.15, -0.1) is 0 Å². The van der Waals surface area contributed by atoms with Crippen LogP contribution < -0.4 is 5.32 Å². The quantitative estimate of drug-likeness (QED) is 0.723. The topological polar surface area (TPSA) is 32.3 Å². The summed E-state index contributed by atoms with van der Waals surface area (Å²) < 4.78 is 0. The van der Waals surface area contributed by atoms with Crippen LogP contribution in [0.15, 0.2) is 0 Å². The Morgan fingerprint density at radius 1 is 1.43 bits per heavy atom. The summed E-state index contributed by atoms with van der Waals surface area (Å²) in [5.41, 5.74) is 0. The summed E-state index contributed by atoms with van der Waals surface area (Å²) in [6, 6.07) is 0. The average molecular weight is 196 g/mol. The lowest BCUT2D eigenvalue weighted by atomic mass is 10.1. The molecule has 2 fully saturated rings. The van der Waals surface area contributed by atoms with Gasteiger partial charge in [0.15, 0.2) is 0 Å². The van der Waals surface area contributed by atoms with E-state index in [1.54, 1.807) is 0 Å². The summed E-state index contributed by atoms with van der Waals surface area (Å²) in [6.45, 7) is 6.62. The van der Waals surface area contributed by atoms with Crippen molar-refractivity contribution in [2.45, 2.75) is 26.2 Å². The van der Waals surface area contributed by atoms with Crippen LogP contribution in [0, 0.1) is 11.8 Å². The van der Waals surface area contributed by atoms with Crippen molar-refractivity contribution in [1.82, 2.24) is 10.2 Å². The number of hydrogen-bond acceptors (Lipinski definition) is 2. The van der Waals surface area contributed by atoms with E-state index in [1.165, 1.54) is 19.5 Å². The molecule has 0 radical (unpaired) electrons. The van der Waals surface area contributed by atoms with Crippen molar-refractivity contribution >= 4 is 5.91 Å². The first-order chi connectivity index (χ1) is 6.79. The molecule has 2 rings (SSSR count). The largest absolute Gasteiger partial charge is 0.356 e. The highest BCUT2D eigenvalue weighted by molar-refractivity contribution is 5.80. The fourth-order valence-electron chi connectivity index (χ4n) is 2.10. The van der Waals surface area contributed by atoms with Crippen LogP contribution in [0.1, 0.15) is 26.2 Å². The summed E-state index contributed by atoms with van der Waals surface area (Å²) in [4.78, 5) is 13.8. The molecule has 0 aromatic rings. The van der Waals surface area contributed by atoms with Gasteiger partial charge in [-0.05, 0) is 38.3 Å². The first-order valence-corrected chi connectivity index (χ1v) is 5.79. The summed E-state index contributed by atoms with van der Waals surface area (Å²) in [5, 5.41) is 3.07. The highest BCUT2D eigenvalue weighted by Crippen LogP contribution is 2.28. The van der Waals surface area contributed by atoms with E-state index in [9.17, 15) is 4.79 Å². The Hall–Kier alpha value is -0.570. The third-order valence-corrected chi connectivity index (χ3v) is 3.33. The van der Waals surface area contributed by atoms with Crippen molar-refractivity contribution < 1.29 is 4.79 Å². The first kappa shape index (κ1) is 9.97. The Kier molecular flexibility index (Phi) is 3.06. The Balaban J connectivity index is 1.63. The summed E-state index contributed by atoms with van der Waals surface area (Å²) in [7, 11) is 0. The zero-order chi connectivity index (χ0) is 9.97. The number of hydrogen-bond donors (Lipinski definition) is 1. The van der Waals surface area contributed by atoms with Gasteiger partial charge >= 0.3 is 0 Å². The number of carbonyl (C=O) groups excluding carboxylic acids is 1. The maximum absolute atomic E-state index is 11.4. The van der Waals surface area contributed by atoms with Crippen LogP contribution in [0.4, 0.5) is 0 Å². The van der Waals surface area contributed by atoms with Crippen LogP contribution in [0.25, 0.3) is 0 Å². The second-order valence-electron chi connectivity index (χ2n) is 4.57. The van der Waals surface area contributed by atoms with Gasteiger partial charge in [0.1, 0.15) is 0 Å². The van der Waals surface area contributed by atoms with E-state index < -0.39 is 0 Å². The van der Waals surface area contributed by atoms with Crippen molar-refractivity contribution in [2.75, 3.05) is 26.2 Å². The molecule has 1 saturated carbocycles. The minimum Gasteiger partial charge on any atom is -0.356 e. The fourth-order valence-corrected chi connectivity index (χ4v) is 2.10. The molecule has 14 heavy (non-hydrogen) atoms. The Bertz CT molecular complexity index is 213. The summed E-state index contributed by atoms with van der Waals surface area (Å²) >= 11 is 0. The van der Waals surface area contributed by atoms with Gasteiger partial charge < -0.3 is 10.2 Å². The lowest BCUT2D eigenvalue weighted by Gasteiger charge is -2.13. The Morgan fingerprint density at radius 2 is 2.21 bits per heavy atom. The molecule has 0 aromatic heterocycles. The number of amides is 1. The van der Waals surface area contributed by atoms with Gasteiger partial charge in [-0.2, -0.15) is 0 Å². The Morgan fingerprint density at radius 3 is 2.79 bits per heavy atom. The van der Waals surface area contributed by atoms with E-state index in [0.29, 0.717) is 17.7 Å². The highest BCUT2D eigenvalue weighted by atomic mass is 16.2. The van der Waals surface area contributed by atoms with Crippen LogP contribution >= 0.6 is 0 Å². The molecule has 1 amide bonds. The molecule has 3 nitrogen and oxygen atoms in total. The smallest absolute Gasteiger partial charge is 0.223 e. The van der Waals surface area contributed by atoms with E-state index in [1.807, 2.05) is 0 Å². The minimum atomic E-state index is 0.292. The van der Waals surface area contributed by atoms with Gasteiger partial charge in [0.2, 0.25) is 5.91 Å². The third kappa shape index (κ3) is 2.47. The van der Waals surface area contributed by atoms with Gasteiger partial charge in [0, 0.05) is 19.0 Å². The van der Waals surface area contributed by atoms with Crippen molar-refractivity contribution in [1.29, 1.82) is 0 Å². The zero-order valence-electron chi connectivity index (χ0n) is 8.96. The van der Waals surface area contributed by atoms with Crippen LogP contribution in [0.2, 0.25) is 0 Å². The molecule has 1 heterocycles. The van der Waals surface area contributed by atoms with E-state index in [2.05, 4.69) is 17.1 Å². The van der Waals surface area contributed by atoms with Gasteiger partial charge in [-0.25, -0.2) is 0 Å². The van der Waals surface area contributed by atoms with E-state index >= 15 is 0 Å². The van der Waals surface area contributed by atoms with Crippen LogP contribution in [-0.4, -0.2) is 37.0 Å². The monoisotopic (exact) mass is 196 g/mol. The average Bonchev–Trinajstić information content (AvgIpc) is 2.94. The predicted octanol–water partition coefficient (Wildman–Crippen LogP) is 0.854. The van der Waals surface area contributed by atoms with E-state index in [4.69, 9.17) is 0 Å². The van der Waals surface area contributed by atoms with Gasteiger partial charge in [-0.3, -0.25) is 4.79 Å². The summed E-state index contributed by atoms with van der Waals surface area (Å²) in [5.74, 6) is 1.34. The van der Waals surface area contributed by atoms with Crippen LogP contribution in [-0.2, 0) is 4.79 Å². The molecule has 1 aliphatic carbocycles. The maximum atomic E-state index is 11.4. The summed E-state index contributed by atoms with van der Waals surface area (Å²) in [6.07, 6.45) is 3.47. The molecule has 0 aromatic carbocycles. The van der Waals surface area contributed by atoms with Gasteiger partial charge in [0.25, 0.3) is 0 Å². The van der Waals surface area contributed by atoms with Crippen molar-refractivity contribution in [3.05, 3.63) is 0 Å². The van der Waals surface area contributed by atoms with Crippen molar-refractivity contribution in [3.8, 4) is 0 Å². The molecule has 0 bridgehead atoms. The second-order valence-corrected chi connectivity index (χ2v) is 4.57. The first-order valence-electron chi connectivity index (χ1n) is 5.79. The molecule has 80 valence electrons. The normalized spacial score (nSPS) is 27.9. The maximum Gasteiger partial charge on any atom is 0.223 e. The van der Waals surface area contributed by atoms with Crippen molar-refractivity contribution in [2.24, 2.45) is 11.8 Å². The fraction of sp³-hybridized carbons (Fsp3) is 0.909. The molecule has 1 unspecified atom stereocenters. The molecular weight excluding hydrogens is 176 g/mol. The van der Waals surface area contributed by atoms with Crippen molar-refractivity contribution in [3.63, 3.8) is 0 Å². The van der Waals surface area contributed by atoms with E-state index in [-0.39, 0.29) is 0 Å². The van der Waals surface area contributed by atoms with Gasteiger partial charge in [0.05, 0.1) is 0 Å². The molecule has 3 heteroatoms. The molecule has 1 N–H and O–H groups in total. The Labute approximate surface area is 85.8 Å². The lowest BCUT2D eigenvalue weighted by molar-refractivity contribution is -0.122. The number of nitrogens with zero attached hydrogens (tertiary/aromatic N) is 1. The zero-order valence-corrected chi connectivity index (χ0v) is 8.96. The second kappa shape index (κ2) is 4.30. The SMILES string of the molecule is CCN1CCC(CNC(=O)C2CC2)C1. The van der Waals surface area contributed by atoms with Gasteiger partial charge in [-0.1, -0.05) is 6.92 Å². The molecule has 1 saturated heterocycles. The minimum absolute atomic E-state index is 0.292.